The summed E-state index contributed by atoms with van der Waals surface area (Å²) in [6, 6.07) is 6.68. The second-order valence-electron chi connectivity index (χ2n) is 10.8. The highest BCUT2D eigenvalue weighted by atomic mass is 32.2. The summed E-state index contributed by atoms with van der Waals surface area (Å²) in [6.45, 7) is 3.54. The Morgan fingerprint density at radius 1 is 0.947 bits per heavy atom. The molecule has 5 rings (SSSR count). The highest BCUT2D eigenvalue weighted by Gasteiger charge is 2.73. The number of likely N-dealkylation sites (N-methyl/N-ethyl adjacent to an activating group) is 1. The van der Waals surface area contributed by atoms with Crippen LogP contribution in [0.15, 0.2) is 48.6 Å². The number of rotatable bonds is 8. The molecule has 204 valence electrons. The van der Waals surface area contributed by atoms with Crippen LogP contribution in [0.25, 0.3) is 0 Å². The molecule has 0 bridgehead atoms. The van der Waals surface area contributed by atoms with Gasteiger partial charge in [-0.2, -0.15) is 0 Å². The normalized spacial score (nSPS) is 32.3. The van der Waals surface area contributed by atoms with E-state index in [9.17, 15) is 14.4 Å². The van der Waals surface area contributed by atoms with Gasteiger partial charge in [-0.25, -0.2) is 0 Å². The number of amides is 3. The van der Waals surface area contributed by atoms with Gasteiger partial charge in [0.1, 0.15) is 11.8 Å². The number of thioether (sulfide) groups is 1. The average molecular weight is 540 g/mol. The second-order valence-corrected chi connectivity index (χ2v) is 12.6. The van der Waals surface area contributed by atoms with Crippen LogP contribution in [0.5, 0.6) is 5.75 Å². The Kier molecular flexibility index (Phi) is 7.35. The van der Waals surface area contributed by atoms with E-state index in [1.165, 1.54) is 0 Å². The summed E-state index contributed by atoms with van der Waals surface area (Å²) in [6.07, 6.45) is 11.3. The van der Waals surface area contributed by atoms with E-state index in [-0.39, 0.29) is 24.3 Å². The van der Waals surface area contributed by atoms with Crippen LogP contribution < -0.4 is 9.64 Å². The van der Waals surface area contributed by atoms with Crippen LogP contribution in [-0.2, 0) is 14.4 Å². The molecule has 9 heteroatoms. The van der Waals surface area contributed by atoms with E-state index >= 15 is 0 Å². The lowest BCUT2D eigenvalue weighted by atomic mass is 9.74. The fraction of sp³-hybridized carbons (Fsp3) is 0.552. The van der Waals surface area contributed by atoms with Crippen LogP contribution in [0.2, 0.25) is 0 Å². The van der Waals surface area contributed by atoms with E-state index in [0.717, 1.165) is 31.4 Å². The lowest BCUT2D eigenvalue weighted by Gasteiger charge is -2.37. The lowest BCUT2D eigenvalue weighted by Crippen LogP contribution is -2.53. The van der Waals surface area contributed by atoms with E-state index < -0.39 is 27.4 Å². The number of aliphatic hydroxyl groups is 1. The zero-order valence-electron chi connectivity index (χ0n) is 22.3. The molecule has 4 aliphatic rings. The second kappa shape index (κ2) is 10.4. The maximum Gasteiger partial charge on any atom is 0.251 e. The van der Waals surface area contributed by atoms with Crippen molar-refractivity contribution in [3.8, 4) is 5.75 Å². The number of hydrogen-bond acceptors (Lipinski definition) is 6. The third-order valence-corrected chi connectivity index (χ3v) is 10.2. The van der Waals surface area contributed by atoms with Gasteiger partial charge in [0.2, 0.25) is 11.8 Å². The van der Waals surface area contributed by atoms with Gasteiger partial charge in [-0.3, -0.25) is 14.4 Å². The van der Waals surface area contributed by atoms with Crippen LogP contribution in [-0.4, -0.2) is 88.6 Å². The first-order chi connectivity index (χ1) is 18.3. The highest BCUT2D eigenvalue weighted by molar-refractivity contribution is 8.02. The van der Waals surface area contributed by atoms with E-state index in [4.69, 9.17) is 9.84 Å². The fourth-order valence-electron chi connectivity index (χ4n) is 6.62. The highest BCUT2D eigenvalue weighted by Crippen LogP contribution is 2.65. The predicted octanol–water partition coefficient (Wildman–Crippen LogP) is 2.87. The molecule has 4 aliphatic heterocycles. The molecule has 0 radical (unpaired) electrons. The average Bonchev–Trinajstić information content (AvgIpc) is 3.18. The first kappa shape index (κ1) is 26.8. The van der Waals surface area contributed by atoms with Crippen molar-refractivity contribution in [3.63, 3.8) is 0 Å². The molecule has 1 N–H and O–H groups in total. The fourth-order valence-corrected chi connectivity index (χ4v) is 8.78. The number of aliphatic hydroxyl groups excluding tert-OH is 1. The van der Waals surface area contributed by atoms with E-state index in [0.29, 0.717) is 25.4 Å². The standard InChI is InChI=1S/C29H37N3O5S/c1-28-14-8-16-30(2)25(34)22(28)23-26(35)32(17-6-4-5-7-19-33)24-27(36)31(18-9-15-29(23,24)38-28)20-10-12-21(37-3)13-11-20/h8-15,22-24,33H,4-7,16-19H2,1-3H3/t22-,23+,24?,28+,29+/m1/s1. The largest absolute Gasteiger partial charge is 0.497 e. The smallest absolute Gasteiger partial charge is 0.251 e. The molecule has 1 unspecified atom stereocenters. The molecule has 1 aromatic rings. The molecule has 8 nitrogen and oxygen atoms in total. The van der Waals surface area contributed by atoms with Crippen molar-refractivity contribution in [2.24, 2.45) is 11.8 Å². The maximum atomic E-state index is 14.4. The van der Waals surface area contributed by atoms with Gasteiger partial charge in [0, 0.05) is 43.7 Å². The van der Waals surface area contributed by atoms with Gasteiger partial charge in [-0.15, -0.1) is 11.8 Å². The number of carbonyl (C=O) groups is 3. The Labute approximate surface area is 228 Å². The Bertz CT molecular complexity index is 1150. The van der Waals surface area contributed by atoms with Crippen molar-refractivity contribution in [1.82, 2.24) is 9.80 Å². The summed E-state index contributed by atoms with van der Waals surface area (Å²) < 4.78 is 3.87. The van der Waals surface area contributed by atoms with Gasteiger partial charge >= 0.3 is 0 Å². The van der Waals surface area contributed by atoms with Gasteiger partial charge in [0.15, 0.2) is 0 Å². The molecule has 1 aromatic carbocycles. The van der Waals surface area contributed by atoms with Gasteiger partial charge in [0.05, 0.1) is 23.7 Å². The lowest BCUT2D eigenvalue weighted by molar-refractivity contribution is -0.143. The summed E-state index contributed by atoms with van der Waals surface area (Å²) in [7, 11) is 3.39. The number of methoxy groups -OCH3 is 1. The summed E-state index contributed by atoms with van der Waals surface area (Å²) in [4.78, 5) is 47.6. The monoisotopic (exact) mass is 539 g/mol. The molecule has 0 aliphatic carbocycles. The number of ether oxygens (including phenoxy) is 1. The summed E-state index contributed by atoms with van der Waals surface area (Å²) in [5.74, 6) is -0.726. The number of unbranched alkanes of at least 4 members (excludes halogenated alkanes) is 3. The molecule has 0 saturated carbocycles. The number of anilines is 1. The predicted molar refractivity (Wildman–Crippen MR) is 148 cm³/mol. The van der Waals surface area contributed by atoms with Crippen molar-refractivity contribution in [3.05, 3.63) is 48.6 Å². The molecule has 5 atom stereocenters. The van der Waals surface area contributed by atoms with Gasteiger partial charge in [0.25, 0.3) is 5.91 Å². The molecule has 2 saturated heterocycles. The molecule has 38 heavy (non-hydrogen) atoms. The number of hydrogen-bond donors (Lipinski definition) is 1. The minimum absolute atomic E-state index is 0.0409. The molecule has 3 amide bonds. The minimum Gasteiger partial charge on any atom is -0.497 e. The molecular weight excluding hydrogens is 502 g/mol. The van der Waals surface area contributed by atoms with E-state index in [2.05, 4.69) is 12.2 Å². The first-order valence-electron chi connectivity index (χ1n) is 13.4. The molecular formula is C29H37N3O5S. The summed E-state index contributed by atoms with van der Waals surface area (Å²) >= 11 is 1.61. The summed E-state index contributed by atoms with van der Waals surface area (Å²) in [5.41, 5.74) is 0.746. The van der Waals surface area contributed by atoms with Crippen LogP contribution >= 0.6 is 11.8 Å². The quantitative estimate of drug-likeness (QED) is 0.404. The zero-order chi connectivity index (χ0) is 27.1. The number of nitrogens with zero attached hydrogens (tertiary/aromatic N) is 3. The van der Waals surface area contributed by atoms with E-state index in [1.54, 1.807) is 40.6 Å². The number of fused-ring (bicyclic) bond motifs is 2. The van der Waals surface area contributed by atoms with Crippen molar-refractivity contribution < 1.29 is 24.2 Å². The third kappa shape index (κ3) is 4.24. The van der Waals surface area contributed by atoms with Crippen LogP contribution in [0.3, 0.4) is 0 Å². The Morgan fingerprint density at radius 2 is 1.66 bits per heavy atom. The number of benzene rings is 1. The van der Waals surface area contributed by atoms with Crippen LogP contribution in [0.4, 0.5) is 5.69 Å². The third-order valence-electron chi connectivity index (χ3n) is 8.45. The SMILES string of the molecule is COc1ccc(N2CC=C[C@]34S[C@@]5(C)C=CCN(C)C(=O)[C@H]5[C@H]3C(=O)N(CCCCCCO)C4C2=O)cc1. The summed E-state index contributed by atoms with van der Waals surface area (Å²) in [5, 5.41) is 9.15. The zero-order valence-corrected chi connectivity index (χ0v) is 23.2. The maximum absolute atomic E-state index is 14.4. The van der Waals surface area contributed by atoms with E-state index in [1.807, 2.05) is 43.3 Å². The minimum atomic E-state index is -0.835. The van der Waals surface area contributed by atoms with Crippen molar-refractivity contribution in [2.45, 2.75) is 48.1 Å². The Morgan fingerprint density at radius 3 is 2.37 bits per heavy atom. The van der Waals surface area contributed by atoms with Crippen molar-refractivity contribution in [1.29, 1.82) is 0 Å². The Balaban J connectivity index is 1.56. The van der Waals surface area contributed by atoms with Gasteiger partial charge in [-0.1, -0.05) is 37.1 Å². The Hall–Kier alpha value is -2.78. The first-order valence-corrected chi connectivity index (χ1v) is 14.3. The molecule has 4 heterocycles. The molecule has 2 fully saturated rings. The number of carbonyl (C=O) groups excluding carboxylic acids is 3. The molecule has 0 aromatic heterocycles. The van der Waals surface area contributed by atoms with Gasteiger partial charge < -0.3 is 24.5 Å². The molecule has 1 spiro atoms. The van der Waals surface area contributed by atoms with Crippen molar-refractivity contribution >= 4 is 35.2 Å². The van der Waals surface area contributed by atoms with Gasteiger partial charge in [-0.05, 0) is 44.0 Å². The van der Waals surface area contributed by atoms with Crippen molar-refractivity contribution in [2.75, 3.05) is 45.3 Å². The van der Waals surface area contributed by atoms with Crippen LogP contribution in [0.1, 0.15) is 32.6 Å². The topological polar surface area (TPSA) is 90.4 Å². The van der Waals surface area contributed by atoms with Crippen LogP contribution in [0, 0.1) is 11.8 Å². The number of likely N-dealkylation sites (tertiary alicyclic amines) is 1.